The quantitative estimate of drug-likeness (QED) is 0.0569. The molecule has 5 atom stereocenters. The Morgan fingerprint density at radius 1 is 0.556 bits per heavy atom. The molecule has 8 heteroatoms. The molecule has 1 fully saturated rings. The highest BCUT2D eigenvalue weighted by molar-refractivity contribution is 8.13. The number of carbonyl (C=O) groups is 1. The summed E-state index contributed by atoms with van der Waals surface area (Å²) in [7, 11) is 0. The van der Waals surface area contributed by atoms with Gasteiger partial charge in [0.15, 0.2) is 6.23 Å². The largest absolute Gasteiger partial charge is 0.394 e. The van der Waals surface area contributed by atoms with Crippen molar-refractivity contribution in [1.82, 2.24) is 4.90 Å². The molecule has 1 amide bonds. The maximum atomic E-state index is 13.3. The van der Waals surface area contributed by atoms with Crippen LogP contribution in [-0.2, 0) is 4.74 Å². The summed E-state index contributed by atoms with van der Waals surface area (Å²) in [6.45, 7) is 4.44. The lowest BCUT2D eigenvalue weighted by Crippen LogP contribution is -2.63. The number of unbranched alkanes of at least 4 members (excludes halogenated alkanes) is 24. The summed E-state index contributed by atoms with van der Waals surface area (Å²) in [6, 6.07) is 0. The molecule has 268 valence electrons. The highest BCUT2D eigenvalue weighted by atomic mass is 32.2. The van der Waals surface area contributed by atoms with Gasteiger partial charge in [0.05, 0.1) is 6.61 Å². The van der Waals surface area contributed by atoms with E-state index in [1.807, 2.05) is 0 Å². The van der Waals surface area contributed by atoms with E-state index in [9.17, 15) is 25.2 Å². The number of hydrogen-bond acceptors (Lipinski definition) is 7. The average Bonchev–Trinajstić information content (AvgIpc) is 3.04. The fourth-order valence-corrected chi connectivity index (χ4v) is 7.21. The van der Waals surface area contributed by atoms with Gasteiger partial charge in [-0.2, -0.15) is 0 Å². The molecule has 1 saturated heterocycles. The molecule has 45 heavy (non-hydrogen) atoms. The Hall–Kier alpha value is -0.380. The van der Waals surface area contributed by atoms with Gasteiger partial charge in [0.2, 0.25) is 0 Å². The van der Waals surface area contributed by atoms with Gasteiger partial charge in [-0.15, -0.1) is 0 Å². The molecule has 0 aromatic rings. The van der Waals surface area contributed by atoms with Gasteiger partial charge in [-0.05, 0) is 12.8 Å². The zero-order valence-corrected chi connectivity index (χ0v) is 30.2. The molecule has 0 unspecified atom stereocenters. The summed E-state index contributed by atoms with van der Waals surface area (Å²) in [5.74, 6) is 0.712. The maximum absolute atomic E-state index is 13.3. The molecule has 0 aromatic heterocycles. The van der Waals surface area contributed by atoms with Crippen molar-refractivity contribution in [2.75, 3.05) is 18.9 Å². The van der Waals surface area contributed by atoms with Crippen molar-refractivity contribution in [3.8, 4) is 0 Å². The Bertz CT molecular complexity index is 669. The number of thioether (sulfide) groups is 1. The van der Waals surface area contributed by atoms with E-state index < -0.39 is 37.3 Å². The first-order valence-electron chi connectivity index (χ1n) is 19.2. The molecule has 0 saturated carbocycles. The second-order valence-electron chi connectivity index (χ2n) is 13.5. The minimum absolute atomic E-state index is 0.170. The van der Waals surface area contributed by atoms with E-state index in [1.54, 1.807) is 0 Å². The Balaban J connectivity index is 2.28. The highest BCUT2D eigenvalue weighted by Gasteiger charge is 2.46. The molecule has 0 aliphatic carbocycles. The first-order valence-corrected chi connectivity index (χ1v) is 20.2. The van der Waals surface area contributed by atoms with E-state index in [1.165, 1.54) is 151 Å². The normalized spacial score (nSPS) is 21.8. The van der Waals surface area contributed by atoms with Crippen molar-refractivity contribution in [3.63, 3.8) is 0 Å². The van der Waals surface area contributed by atoms with E-state index in [0.29, 0.717) is 12.3 Å². The molecule has 1 aliphatic rings. The summed E-state index contributed by atoms with van der Waals surface area (Å²) in [5, 5.41) is 40.7. The molecule has 0 bridgehead atoms. The van der Waals surface area contributed by atoms with E-state index >= 15 is 0 Å². The number of aliphatic hydroxyl groups is 4. The molecule has 0 spiro atoms. The standard InChI is InChI=1S/C37H73NO6S/c1-3-5-7-9-11-13-15-16-17-18-19-20-22-24-26-28-30-45-37(43)38(29-27-25-23-21-14-12-10-8-6-4-2)36-35(42)34(41)33(40)32(31-39)44-36/h32-36,39-42H,3-31H2,1-2H3/t32-,33-,34+,35-,36-/m1/s1. The van der Waals surface area contributed by atoms with Crippen molar-refractivity contribution in [1.29, 1.82) is 0 Å². The lowest BCUT2D eigenvalue weighted by atomic mass is 9.97. The molecule has 4 N–H and O–H groups in total. The lowest BCUT2D eigenvalue weighted by molar-refractivity contribution is -0.256. The number of carbonyl (C=O) groups excluding carboxylic acids is 1. The van der Waals surface area contributed by atoms with Crippen LogP contribution in [0.1, 0.15) is 181 Å². The third-order valence-electron chi connectivity index (χ3n) is 9.38. The average molecular weight is 660 g/mol. The Morgan fingerprint density at radius 2 is 0.933 bits per heavy atom. The molecule has 1 aliphatic heterocycles. The monoisotopic (exact) mass is 660 g/mol. The Morgan fingerprint density at radius 3 is 1.33 bits per heavy atom. The highest BCUT2D eigenvalue weighted by Crippen LogP contribution is 2.27. The van der Waals surface area contributed by atoms with Crippen LogP contribution in [0, 0.1) is 0 Å². The summed E-state index contributed by atoms with van der Waals surface area (Å²) in [4.78, 5) is 14.8. The Kier molecular flexibility index (Phi) is 28.2. The first-order chi connectivity index (χ1) is 22.0. The second kappa shape index (κ2) is 29.7. The van der Waals surface area contributed by atoms with Crippen molar-refractivity contribution in [2.24, 2.45) is 0 Å². The van der Waals surface area contributed by atoms with Gasteiger partial charge < -0.3 is 30.1 Å². The van der Waals surface area contributed by atoms with E-state index in [-0.39, 0.29) is 5.24 Å². The van der Waals surface area contributed by atoms with Crippen LogP contribution in [0.4, 0.5) is 4.79 Å². The van der Waals surface area contributed by atoms with Gasteiger partial charge in [-0.25, -0.2) is 0 Å². The van der Waals surface area contributed by atoms with Crippen LogP contribution < -0.4 is 0 Å². The summed E-state index contributed by atoms with van der Waals surface area (Å²) in [6.07, 6.45) is 26.4. The summed E-state index contributed by atoms with van der Waals surface area (Å²) < 4.78 is 5.77. The number of ether oxygens (including phenoxy) is 1. The number of nitrogens with zero attached hydrogens (tertiary/aromatic N) is 1. The predicted molar refractivity (Wildman–Crippen MR) is 190 cm³/mol. The fraction of sp³-hybridized carbons (Fsp3) is 0.973. The number of rotatable bonds is 30. The van der Waals surface area contributed by atoms with Crippen LogP contribution in [0.5, 0.6) is 0 Å². The SMILES string of the molecule is CCCCCCCCCCCCCCCCCCSC(=O)N(CCCCCCCCCCCC)[C@@H]1O[C@H](CO)[C@@H](O)[C@H](O)[C@H]1O. The number of hydrogen-bond donors (Lipinski definition) is 4. The second-order valence-corrected chi connectivity index (χ2v) is 14.6. The third-order valence-corrected chi connectivity index (χ3v) is 10.4. The van der Waals surface area contributed by atoms with Crippen molar-refractivity contribution in [2.45, 2.75) is 211 Å². The summed E-state index contributed by atoms with van der Waals surface area (Å²) >= 11 is 1.25. The van der Waals surface area contributed by atoms with E-state index in [0.717, 1.165) is 32.1 Å². The van der Waals surface area contributed by atoms with Crippen molar-refractivity contribution in [3.05, 3.63) is 0 Å². The summed E-state index contributed by atoms with van der Waals surface area (Å²) in [5.41, 5.74) is 0. The topological polar surface area (TPSA) is 110 Å². The number of aliphatic hydroxyl groups excluding tert-OH is 4. The minimum Gasteiger partial charge on any atom is -0.394 e. The van der Waals surface area contributed by atoms with Crippen LogP contribution in [-0.4, -0.2) is 80.1 Å². The molecule has 0 radical (unpaired) electrons. The van der Waals surface area contributed by atoms with E-state index in [4.69, 9.17) is 4.74 Å². The predicted octanol–water partition coefficient (Wildman–Crippen LogP) is 9.12. The van der Waals surface area contributed by atoms with E-state index in [2.05, 4.69) is 13.8 Å². The molecule has 1 rings (SSSR count). The third kappa shape index (κ3) is 20.6. The van der Waals surface area contributed by atoms with Crippen LogP contribution in [0.25, 0.3) is 0 Å². The molecule has 0 aromatic carbocycles. The molecule has 7 nitrogen and oxygen atoms in total. The van der Waals surface area contributed by atoms with Gasteiger partial charge in [0.25, 0.3) is 5.24 Å². The molecular weight excluding hydrogens is 586 g/mol. The fourth-order valence-electron chi connectivity index (χ4n) is 6.32. The Labute approximate surface area is 281 Å². The zero-order chi connectivity index (χ0) is 33.0. The van der Waals surface area contributed by atoms with Crippen LogP contribution in [0.3, 0.4) is 0 Å². The van der Waals surface area contributed by atoms with Crippen molar-refractivity contribution >= 4 is 17.0 Å². The van der Waals surface area contributed by atoms with Gasteiger partial charge in [0, 0.05) is 12.3 Å². The zero-order valence-electron chi connectivity index (χ0n) is 29.4. The first kappa shape index (κ1) is 42.6. The van der Waals surface area contributed by atoms with Crippen LogP contribution in [0.2, 0.25) is 0 Å². The van der Waals surface area contributed by atoms with Gasteiger partial charge >= 0.3 is 0 Å². The van der Waals surface area contributed by atoms with Crippen LogP contribution >= 0.6 is 11.8 Å². The van der Waals surface area contributed by atoms with Crippen LogP contribution in [0.15, 0.2) is 0 Å². The minimum atomic E-state index is -1.48. The number of amides is 1. The van der Waals surface area contributed by atoms with Gasteiger partial charge in [0.1, 0.15) is 24.4 Å². The van der Waals surface area contributed by atoms with Gasteiger partial charge in [-0.1, -0.05) is 180 Å². The van der Waals surface area contributed by atoms with Gasteiger partial charge in [-0.3, -0.25) is 4.79 Å². The molecule has 1 heterocycles. The molecular formula is C37H73NO6S. The smallest absolute Gasteiger partial charge is 0.283 e. The lowest BCUT2D eigenvalue weighted by Gasteiger charge is -2.44. The maximum Gasteiger partial charge on any atom is 0.283 e. The van der Waals surface area contributed by atoms with Crippen molar-refractivity contribution < 1.29 is 30.0 Å².